The Morgan fingerprint density at radius 2 is 1.48 bits per heavy atom. The third kappa shape index (κ3) is 8.83. The number of halogens is 1. The molecule has 3 aromatic rings. The fraction of sp³-hybridized carbons (Fsp3) is 0.355. The van der Waals surface area contributed by atoms with Crippen LogP contribution in [0.5, 0.6) is 0 Å². The molecule has 0 bridgehead atoms. The van der Waals surface area contributed by atoms with Crippen molar-refractivity contribution in [1.29, 1.82) is 0 Å². The third-order valence-electron chi connectivity index (χ3n) is 6.85. The van der Waals surface area contributed by atoms with E-state index >= 15 is 0 Å². The number of carbonyl (C=O) groups excluding carboxylic acids is 2. The van der Waals surface area contributed by atoms with Gasteiger partial charge < -0.3 is 10.2 Å². The molecule has 3 aromatic carbocycles. The van der Waals surface area contributed by atoms with Gasteiger partial charge in [0, 0.05) is 24.0 Å². The Hall–Kier alpha value is -3.36. The molecule has 0 unspecified atom stereocenters. The van der Waals surface area contributed by atoms with Crippen LogP contribution in [0.4, 0.5) is 5.69 Å². The van der Waals surface area contributed by atoms with Crippen molar-refractivity contribution in [2.45, 2.75) is 58.7 Å². The number of aryl methyl sites for hydroxylation is 1. The topological polar surface area (TPSA) is 86.8 Å². The van der Waals surface area contributed by atoms with E-state index in [1.54, 1.807) is 36.4 Å². The van der Waals surface area contributed by atoms with Gasteiger partial charge in [0.05, 0.1) is 11.9 Å². The highest BCUT2D eigenvalue weighted by Crippen LogP contribution is 2.22. The molecule has 3 rings (SSSR count). The Kier molecular flexibility index (Phi) is 11.2. The van der Waals surface area contributed by atoms with E-state index in [-0.39, 0.29) is 24.9 Å². The lowest BCUT2D eigenvalue weighted by Crippen LogP contribution is -2.54. The first-order chi connectivity index (χ1) is 19.0. The number of sulfonamides is 1. The van der Waals surface area contributed by atoms with Gasteiger partial charge in [0.1, 0.15) is 12.6 Å². The fourth-order valence-corrected chi connectivity index (χ4v) is 5.27. The van der Waals surface area contributed by atoms with Gasteiger partial charge in [-0.2, -0.15) is 0 Å². The average Bonchev–Trinajstić information content (AvgIpc) is 2.94. The standard InChI is InChI=1S/C31H38ClN3O4S/c1-5-23(3)33-31(37)29(20-25-10-8-7-9-11-25)34(21-26-12-16-27(32)17-13-26)30(36)22-35(40(4,38)39)28-18-14-24(6-2)15-19-28/h7-19,23,29H,5-6,20-22H2,1-4H3,(H,33,37)/t23-,29-/m0/s1. The molecule has 7 nitrogen and oxygen atoms in total. The van der Waals surface area contributed by atoms with Crippen molar-refractivity contribution in [3.05, 3.63) is 101 Å². The van der Waals surface area contributed by atoms with E-state index in [1.807, 2.05) is 63.2 Å². The summed E-state index contributed by atoms with van der Waals surface area (Å²) in [5.74, 6) is -0.779. The molecule has 9 heteroatoms. The Balaban J connectivity index is 2.04. The van der Waals surface area contributed by atoms with E-state index in [1.165, 1.54) is 4.90 Å². The van der Waals surface area contributed by atoms with E-state index in [0.717, 1.165) is 40.1 Å². The van der Waals surface area contributed by atoms with Crippen molar-refractivity contribution in [3.63, 3.8) is 0 Å². The molecule has 0 spiro atoms. The number of hydrogen-bond donors (Lipinski definition) is 1. The minimum absolute atomic E-state index is 0.0946. The molecule has 0 radical (unpaired) electrons. The van der Waals surface area contributed by atoms with E-state index in [4.69, 9.17) is 11.6 Å². The summed E-state index contributed by atoms with van der Waals surface area (Å²) in [5.41, 5.74) is 3.10. The fourth-order valence-electron chi connectivity index (χ4n) is 4.29. The summed E-state index contributed by atoms with van der Waals surface area (Å²) in [7, 11) is -3.80. The van der Waals surface area contributed by atoms with Crippen molar-refractivity contribution in [3.8, 4) is 0 Å². The van der Waals surface area contributed by atoms with Crippen LogP contribution in [-0.4, -0.2) is 50.0 Å². The molecule has 0 heterocycles. The highest BCUT2D eigenvalue weighted by Gasteiger charge is 2.33. The third-order valence-corrected chi connectivity index (χ3v) is 8.24. The highest BCUT2D eigenvalue weighted by molar-refractivity contribution is 7.92. The highest BCUT2D eigenvalue weighted by atomic mass is 35.5. The second-order valence-electron chi connectivity index (χ2n) is 9.96. The first-order valence-corrected chi connectivity index (χ1v) is 15.7. The number of amides is 2. The Morgan fingerprint density at radius 3 is 2.02 bits per heavy atom. The van der Waals surface area contributed by atoms with Crippen LogP contribution in [0.1, 0.15) is 43.9 Å². The van der Waals surface area contributed by atoms with Gasteiger partial charge in [-0.05, 0) is 60.7 Å². The smallest absolute Gasteiger partial charge is 0.244 e. The van der Waals surface area contributed by atoms with Crippen LogP contribution in [0.25, 0.3) is 0 Å². The molecule has 214 valence electrons. The predicted octanol–water partition coefficient (Wildman–Crippen LogP) is 5.22. The van der Waals surface area contributed by atoms with Crippen molar-refractivity contribution >= 4 is 39.1 Å². The normalized spacial score (nSPS) is 12.8. The molecular formula is C31H38ClN3O4S. The molecule has 0 aliphatic rings. The van der Waals surface area contributed by atoms with Crippen LogP contribution in [0.3, 0.4) is 0 Å². The number of benzene rings is 3. The van der Waals surface area contributed by atoms with Crippen molar-refractivity contribution in [2.75, 3.05) is 17.1 Å². The molecule has 40 heavy (non-hydrogen) atoms. The minimum Gasteiger partial charge on any atom is -0.352 e. The van der Waals surface area contributed by atoms with Gasteiger partial charge in [-0.25, -0.2) is 8.42 Å². The van der Waals surface area contributed by atoms with Crippen LogP contribution in [0.2, 0.25) is 5.02 Å². The molecule has 0 aliphatic carbocycles. The molecule has 2 amide bonds. The Morgan fingerprint density at radius 1 is 0.875 bits per heavy atom. The van der Waals surface area contributed by atoms with E-state index in [9.17, 15) is 18.0 Å². The lowest BCUT2D eigenvalue weighted by atomic mass is 10.0. The second-order valence-corrected chi connectivity index (χ2v) is 12.3. The van der Waals surface area contributed by atoms with Crippen molar-refractivity contribution < 1.29 is 18.0 Å². The lowest BCUT2D eigenvalue weighted by molar-refractivity contribution is -0.140. The van der Waals surface area contributed by atoms with E-state index in [0.29, 0.717) is 10.7 Å². The maximum Gasteiger partial charge on any atom is 0.244 e. The largest absolute Gasteiger partial charge is 0.352 e. The number of rotatable bonds is 13. The van der Waals surface area contributed by atoms with Gasteiger partial charge >= 0.3 is 0 Å². The second kappa shape index (κ2) is 14.3. The summed E-state index contributed by atoms with van der Waals surface area (Å²) in [6, 6.07) is 22.7. The van der Waals surface area contributed by atoms with Gasteiger partial charge in [-0.15, -0.1) is 0 Å². The predicted molar refractivity (Wildman–Crippen MR) is 162 cm³/mol. The molecule has 0 aromatic heterocycles. The number of nitrogens with zero attached hydrogens (tertiary/aromatic N) is 2. The number of carbonyl (C=O) groups is 2. The Labute approximate surface area is 243 Å². The zero-order valence-electron chi connectivity index (χ0n) is 23.5. The van der Waals surface area contributed by atoms with Gasteiger partial charge in [0.2, 0.25) is 21.8 Å². The summed E-state index contributed by atoms with van der Waals surface area (Å²) in [6.07, 6.45) is 2.88. The van der Waals surface area contributed by atoms with E-state index in [2.05, 4.69) is 5.32 Å². The van der Waals surface area contributed by atoms with Gasteiger partial charge in [-0.3, -0.25) is 13.9 Å². The summed E-state index contributed by atoms with van der Waals surface area (Å²) in [5, 5.41) is 3.57. The van der Waals surface area contributed by atoms with Crippen LogP contribution >= 0.6 is 11.6 Å². The molecule has 2 atom stereocenters. The van der Waals surface area contributed by atoms with Crippen LogP contribution in [0, 0.1) is 0 Å². The van der Waals surface area contributed by atoms with Gasteiger partial charge in [-0.1, -0.05) is 80.0 Å². The average molecular weight is 584 g/mol. The summed E-state index contributed by atoms with van der Waals surface area (Å²) >= 11 is 6.09. The molecule has 0 saturated carbocycles. The summed E-state index contributed by atoms with van der Waals surface area (Å²) < 4.78 is 26.9. The quantitative estimate of drug-likeness (QED) is 0.299. The minimum atomic E-state index is -3.80. The maximum absolute atomic E-state index is 14.1. The summed E-state index contributed by atoms with van der Waals surface area (Å²) in [4.78, 5) is 29.2. The first-order valence-electron chi connectivity index (χ1n) is 13.5. The molecule has 0 aliphatic heterocycles. The maximum atomic E-state index is 14.1. The zero-order valence-corrected chi connectivity index (χ0v) is 25.1. The lowest BCUT2D eigenvalue weighted by Gasteiger charge is -2.34. The van der Waals surface area contributed by atoms with Gasteiger partial charge in [0.25, 0.3) is 0 Å². The zero-order chi connectivity index (χ0) is 29.3. The van der Waals surface area contributed by atoms with Crippen LogP contribution in [-0.2, 0) is 39.0 Å². The van der Waals surface area contributed by atoms with Crippen molar-refractivity contribution in [1.82, 2.24) is 10.2 Å². The number of nitrogens with one attached hydrogen (secondary N) is 1. The summed E-state index contributed by atoms with van der Waals surface area (Å²) in [6.45, 7) is 5.56. The first kappa shape index (κ1) is 31.2. The van der Waals surface area contributed by atoms with Crippen LogP contribution < -0.4 is 9.62 Å². The van der Waals surface area contributed by atoms with Gasteiger partial charge in [0.15, 0.2) is 0 Å². The van der Waals surface area contributed by atoms with E-state index < -0.39 is 28.5 Å². The molecule has 0 saturated heterocycles. The number of hydrogen-bond acceptors (Lipinski definition) is 4. The Bertz CT molecular complexity index is 1360. The molecule has 0 fully saturated rings. The number of anilines is 1. The monoisotopic (exact) mass is 583 g/mol. The SMILES string of the molecule is CCc1ccc(N(CC(=O)N(Cc2ccc(Cl)cc2)[C@@H](Cc2ccccc2)C(=O)N[C@@H](C)CC)S(C)(=O)=O)cc1. The van der Waals surface area contributed by atoms with Crippen molar-refractivity contribution in [2.24, 2.45) is 0 Å². The molecular weight excluding hydrogens is 546 g/mol. The molecule has 1 N–H and O–H groups in total. The van der Waals surface area contributed by atoms with Crippen LogP contribution in [0.15, 0.2) is 78.9 Å².